The van der Waals surface area contributed by atoms with Crippen molar-refractivity contribution < 1.29 is 14.6 Å². The molecular formula is C33H38N2O3. The summed E-state index contributed by atoms with van der Waals surface area (Å²) < 4.78 is 7.31. The molecule has 0 aliphatic carbocycles. The van der Waals surface area contributed by atoms with Crippen molar-refractivity contribution in [1.29, 1.82) is 0 Å². The number of methoxy groups -OCH3 is 1. The van der Waals surface area contributed by atoms with Crippen molar-refractivity contribution in [2.24, 2.45) is 5.92 Å². The van der Waals surface area contributed by atoms with Crippen LogP contribution in [-0.4, -0.2) is 28.0 Å². The summed E-state index contributed by atoms with van der Waals surface area (Å²) in [5, 5.41) is 14.6. The number of ether oxygens (including phenoxy) is 1. The van der Waals surface area contributed by atoms with Crippen molar-refractivity contribution in [2.45, 2.75) is 58.9 Å². The van der Waals surface area contributed by atoms with Gasteiger partial charge in [0.15, 0.2) is 0 Å². The predicted molar refractivity (Wildman–Crippen MR) is 153 cm³/mol. The Labute approximate surface area is 226 Å². The van der Waals surface area contributed by atoms with Gasteiger partial charge >= 0.3 is 5.97 Å². The Balaban J connectivity index is 1.37. The Morgan fingerprint density at radius 1 is 0.895 bits per heavy atom. The lowest BCUT2D eigenvalue weighted by Crippen LogP contribution is -2.15. The molecule has 2 atom stereocenters. The van der Waals surface area contributed by atoms with E-state index in [2.05, 4.69) is 69.3 Å². The second-order valence-electron chi connectivity index (χ2n) is 10.2. The van der Waals surface area contributed by atoms with Gasteiger partial charge in [-0.25, -0.2) is 0 Å². The van der Waals surface area contributed by atoms with Crippen LogP contribution in [0.4, 0.5) is 0 Å². The molecule has 0 spiro atoms. The van der Waals surface area contributed by atoms with E-state index in [1.54, 1.807) is 7.11 Å². The molecule has 0 bridgehead atoms. The normalized spacial score (nSPS) is 12.7. The monoisotopic (exact) mass is 510 g/mol. The molecule has 4 rings (SSSR count). The number of nitrogens with zero attached hydrogens (tertiary/aromatic N) is 2. The molecule has 5 nitrogen and oxygen atoms in total. The number of rotatable bonds is 12. The number of hydrogen-bond donors (Lipinski definition) is 1. The lowest BCUT2D eigenvalue weighted by atomic mass is 9.89. The molecule has 2 unspecified atom stereocenters. The van der Waals surface area contributed by atoms with Crippen LogP contribution in [0.25, 0.3) is 11.1 Å². The van der Waals surface area contributed by atoms with Gasteiger partial charge < -0.3 is 9.84 Å². The molecule has 38 heavy (non-hydrogen) atoms. The van der Waals surface area contributed by atoms with Crippen LogP contribution >= 0.6 is 0 Å². The van der Waals surface area contributed by atoms with Gasteiger partial charge in [0.2, 0.25) is 0 Å². The molecule has 0 aliphatic rings. The highest BCUT2D eigenvalue weighted by Crippen LogP contribution is 2.29. The van der Waals surface area contributed by atoms with E-state index in [-0.39, 0.29) is 5.92 Å². The van der Waals surface area contributed by atoms with Gasteiger partial charge in [0.1, 0.15) is 5.75 Å². The quantitative estimate of drug-likeness (QED) is 0.215. The molecule has 1 heterocycles. The minimum Gasteiger partial charge on any atom is -0.497 e. The molecular weight excluding hydrogens is 472 g/mol. The van der Waals surface area contributed by atoms with E-state index in [4.69, 9.17) is 9.84 Å². The van der Waals surface area contributed by atoms with Crippen molar-refractivity contribution in [3.05, 3.63) is 107 Å². The summed E-state index contributed by atoms with van der Waals surface area (Å²) in [7, 11) is 1.67. The van der Waals surface area contributed by atoms with Gasteiger partial charge in [-0.1, -0.05) is 73.7 Å². The van der Waals surface area contributed by atoms with Gasteiger partial charge in [0.05, 0.1) is 25.3 Å². The Kier molecular flexibility index (Phi) is 9.01. The smallest absolute Gasteiger partial charge is 0.306 e. The van der Waals surface area contributed by atoms with Crippen LogP contribution < -0.4 is 4.74 Å². The maximum Gasteiger partial charge on any atom is 0.306 e. The maximum atomic E-state index is 11.9. The van der Waals surface area contributed by atoms with Gasteiger partial charge in [-0.2, -0.15) is 5.10 Å². The first-order valence-corrected chi connectivity index (χ1v) is 13.4. The van der Waals surface area contributed by atoms with E-state index < -0.39 is 5.97 Å². The van der Waals surface area contributed by atoms with E-state index in [0.717, 1.165) is 46.7 Å². The molecule has 198 valence electrons. The fourth-order valence-corrected chi connectivity index (χ4v) is 5.14. The van der Waals surface area contributed by atoms with Gasteiger partial charge in [-0.15, -0.1) is 0 Å². The summed E-state index contributed by atoms with van der Waals surface area (Å²) in [4.78, 5) is 11.9. The third kappa shape index (κ3) is 6.71. The first-order valence-electron chi connectivity index (χ1n) is 13.4. The average Bonchev–Trinajstić information content (AvgIpc) is 3.21. The summed E-state index contributed by atoms with van der Waals surface area (Å²) in [6, 6.07) is 26.9. The maximum absolute atomic E-state index is 11.9. The molecule has 3 aromatic carbocycles. The molecule has 0 amide bonds. The first kappa shape index (κ1) is 27.2. The van der Waals surface area contributed by atoms with Crippen LogP contribution in [0.1, 0.15) is 60.2 Å². The van der Waals surface area contributed by atoms with E-state index in [0.29, 0.717) is 25.3 Å². The largest absolute Gasteiger partial charge is 0.497 e. The second-order valence-corrected chi connectivity index (χ2v) is 10.2. The molecule has 1 N–H and O–H groups in total. The fourth-order valence-electron chi connectivity index (χ4n) is 5.14. The van der Waals surface area contributed by atoms with Crippen LogP contribution in [-0.2, 0) is 17.8 Å². The minimum absolute atomic E-state index is 0.332. The third-order valence-corrected chi connectivity index (χ3v) is 7.56. The van der Waals surface area contributed by atoms with E-state index in [1.165, 1.54) is 11.1 Å². The summed E-state index contributed by atoms with van der Waals surface area (Å²) in [5.41, 5.74) is 8.03. The van der Waals surface area contributed by atoms with E-state index >= 15 is 0 Å². The van der Waals surface area contributed by atoms with Crippen molar-refractivity contribution in [3.8, 4) is 16.9 Å². The van der Waals surface area contributed by atoms with Gasteiger partial charge in [0.25, 0.3) is 0 Å². The van der Waals surface area contributed by atoms with Crippen LogP contribution in [0.3, 0.4) is 0 Å². The first-order chi connectivity index (χ1) is 18.4. The zero-order valence-corrected chi connectivity index (χ0v) is 22.9. The Bertz CT molecular complexity index is 1330. The number of carboxylic acid groups (broad SMARTS) is 1. The molecule has 0 aliphatic heterocycles. The molecule has 0 radical (unpaired) electrons. The number of carbonyl (C=O) groups is 1. The molecule has 4 aromatic rings. The number of aryl methyl sites for hydroxylation is 2. The summed E-state index contributed by atoms with van der Waals surface area (Å²) >= 11 is 0. The van der Waals surface area contributed by atoms with Crippen LogP contribution in [0, 0.1) is 19.8 Å². The summed E-state index contributed by atoms with van der Waals surface area (Å²) in [6.07, 6.45) is 2.97. The lowest BCUT2D eigenvalue weighted by molar-refractivity contribution is -0.142. The Morgan fingerprint density at radius 3 is 2.18 bits per heavy atom. The van der Waals surface area contributed by atoms with E-state index in [9.17, 15) is 9.90 Å². The summed E-state index contributed by atoms with van der Waals surface area (Å²) in [6.45, 7) is 7.04. The molecule has 5 heteroatoms. The average molecular weight is 511 g/mol. The van der Waals surface area contributed by atoms with Crippen molar-refractivity contribution in [3.63, 3.8) is 0 Å². The van der Waals surface area contributed by atoms with Crippen LogP contribution in [0.5, 0.6) is 5.75 Å². The Morgan fingerprint density at radius 2 is 1.55 bits per heavy atom. The highest BCUT2D eigenvalue weighted by molar-refractivity contribution is 5.70. The molecule has 0 saturated heterocycles. The van der Waals surface area contributed by atoms with Crippen molar-refractivity contribution in [1.82, 2.24) is 9.78 Å². The van der Waals surface area contributed by atoms with Gasteiger partial charge in [-0.05, 0) is 79.8 Å². The minimum atomic E-state index is -0.697. The highest BCUT2D eigenvalue weighted by atomic mass is 16.5. The standard InChI is InChI=1S/C33H38N2O3/c1-23(28-8-6-5-7-9-28)10-16-30(33(36)37)19-13-26-11-17-29(18-12-26)32-24(2)34-35(25(32)3)22-27-14-20-31(38-4)21-15-27/h5-9,11-12,14-15,17-18,20-21,23,30H,10,13,16,19,22H2,1-4H3,(H,36,37). The SMILES string of the molecule is COc1ccc(Cn2nc(C)c(-c3ccc(CCC(CCC(C)c4ccccc4)C(=O)O)cc3)c2C)cc1. The zero-order valence-electron chi connectivity index (χ0n) is 22.9. The molecule has 1 aromatic heterocycles. The number of carboxylic acids is 1. The zero-order chi connectivity index (χ0) is 27.1. The highest BCUT2D eigenvalue weighted by Gasteiger charge is 2.19. The fraction of sp³-hybridized carbons (Fsp3) is 0.333. The van der Waals surface area contributed by atoms with Crippen molar-refractivity contribution in [2.75, 3.05) is 7.11 Å². The lowest BCUT2D eigenvalue weighted by Gasteiger charge is -2.16. The summed E-state index contributed by atoms with van der Waals surface area (Å²) in [5.74, 6) is 0.174. The second kappa shape index (κ2) is 12.6. The number of aromatic nitrogens is 2. The van der Waals surface area contributed by atoms with Gasteiger partial charge in [-0.3, -0.25) is 9.48 Å². The van der Waals surface area contributed by atoms with E-state index in [1.807, 2.05) is 35.0 Å². The number of hydrogen-bond acceptors (Lipinski definition) is 3. The Hall–Kier alpha value is -3.86. The number of aliphatic carboxylic acids is 1. The molecule has 0 saturated carbocycles. The van der Waals surface area contributed by atoms with Crippen molar-refractivity contribution >= 4 is 5.97 Å². The third-order valence-electron chi connectivity index (χ3n) is 7.56. The van der Waals surface area contributed by atoms with Crippen LogP contribution in [0.15, 0.2) is 78.9 Å². The topological polar surface area (TPSA) is 64.4 Å². The van der Waals surface area contributed by atoms with Gasteiger partial charge in [0, 0.05) is 11.3 Å². The number of benzene rings is 3. The predicted octanol–water partition coefficient (Wildman–Crippen LogP) is 7.44. The molecule has 0 fully saturated rings. The van der Waals surface area contributed by atoms with Crippen LogP contribution in [0.2, 0.25) is 0 Å².